The molecule has 2 aromatic rings. The van der Waals surface area contributed by atoms with Gasteiger partial charge in [-0.1, -0.05) is 56.0 Å². The molecule has 31 heavy (non-hydrogen) atoms. The first kappa shape index (κ1) is 21.9. The van der Waals surface area contributed by atoms with Crippen molar-refractivity contribution in [1.82, 2.24) is 19.8 Å². The summed E-state index contributed by atoms with van der Waals surface area (Å²) in [6, 6.07) is 15.1. The molecule has 2 aliphatic rings. The van der Waals surface area contributed by atoms with E-state index in [-0.39, 0.29) is 0 Å². The first-order valence-corrected chi connectivity index (χ1v) is 12.1. The fraction of sp³-hybridized carbons (Fsp3) is 0.577. The number of rotatable bonds is 7. The maximum atomic E-state index is 9.41. The van der Waals surface area contributed by atoms with Crippen LogP contribution in [-0.4, -0.2) is 52.5 Å². The molecule has 2 fully saturated rings. The van der Waals surface area contributed by atoms with Gasteiger partial charge in [-0.2, -0.15) is 5.26 Å². The Morgan fingerprint density at radius 3 is 2.32 bits per heavy atom. The van der Waals surface area contributed by atoms with Crippen LogP contribution in [0.15, 0.2) is 36.4 Å². The standard InChI is InChI=1S/C26H35N5/c27-20-26-28-24(19-25(29-26)23-11-6-1-2-7-12-23)13-8-14-30-15-17-31(18-16-30)21-22-9-4-3-5-10-22/h3-5,9-10,19,23H,1-2,6-8,11-18,21H2. The molecule has 1 aliphatic heterocycles. The summed E-state index contributed by atoms with van der Waals surface area (Å²) >= 11 is 0. The molecule has 1 aromatic heterocycles. The summed E-state index contributed by atoms with van der Waals surface area (Å²) in [5.41, 5.74) is 3.56. The largest absolute Gasteiger partial charge is 0.301 e. The molecule has 1 saturated carbocycles. The van der Waals surface area contributed by atoms with E-state index in [1.165, 1.54) is 44.1 Å². The predicted octanol–water partition coefficient (Wildman–Crippen LogP) is 4.54. The zero-order valence-electron chi connectivity index (χ0n) is 18.7. The van der Waals surface area contributed by atoms with E-state index in [0.29, 0.717) is 11.7 Å². The van der Waals surface area contributed by atoms with Crippen LogP contribution in [0.1, 0.15) is 73.6 Å². The fourth-order valence-corrected chi connectivity index (χ4v) is 4.98. The van der Waals surface area contributed by atoms with Crippen LogP contribution >= 0.6 is 0 Å². The molecule has 0 spiro atoms. The monoisotopic (exact) mass is 417 g/mol. The molecule has 1 saturated heterocycles. The van der Waals surface area contributed by atoms with Crippen molar-refractivity contribution < 1.29 is 0 Å². The maximum Gasteiger partial charge on any atom is 0.232 e. The molecular formula is C26H35N5. The molecule has 0 radical (unpaired) electrons. The highest BCUT2D eigenvalue weighted by atomic mass is 15.3. The van der Waals surface area contributed by atoms with E-state index < -0.39 is 0 Å². The second-order valence-corrected chi connectivity index (χ2v) is 9.11. The van der Waals surface area contributed by atoms with E-state index >= 15 is 0 Å². The van der Waals surface area contributed by atoms with Crippen LogP contribution in [0.25, 0.3) is 0 Å². The van der Waals surface area contributed by atoms with Crippen LogP contribution < -0.4 is 0 Å². The van der Waals surface area contributed by atoms with E-state index in [4.69, 9.17) is 0 Å². The lowest BCUT2D eigenvalue weighted by Gasteiger charge is -2.34. The molecule has 164 valence electrons. The van der Waals surface area contributed by atoms with Crippen LogP contribution in [-0.2, 0) is 13.0 Å². The molecule has 0 amide bonds. The van der Waals surface area contributed by atoms with Gasteiger partial charge in [0.2, 0.25) is 5.82 Å². The van der Waals surface area contributed by atoms with Gasteiger partial charge in [0.1, 0.15) is 6.07 Å². The van der Waals surface area contributed by atoms with Gasteiger partial charge in [-0.25, -0.2) is 9.97 Å². The van der Waals surface area contributed by atoms with E-state index in [0.717, 1.165) is 63.5 Å². The van der Waals surface area contributed by atoms with Gasteiger partial charge < -0.3 is 4.90 Å². The second kappa shape index (κ2) is 11.4. The van der Waals surface area contributed by atoms with Gasteiger partial charge in [0.15, 0.2) is 0 Å². The summed E-state index contributed by atoms with van der Waals surface area (Å²) < 4.78 is 0. The van der Waals surface area contributed by atoms with Crippen LogP contribution in [0.4, 0.5) is 0 Å². The smallest absolute Gasteiger partial charge is 0.232 e. The van der Waals surface area contributed by atoms with E-state index in [1.807, 2.05) is 0 Å². The van der Waals surface area contributed by atoms with Gasteiger partial charge in [-0.05, 0) is 43.9 Å². The second-order valence-electron chi connectivity index (χ2n) is 9.11. The Labute approximate surface area is 187 Å². The van der Waals surface area contributed by atoms with Crippen molar-refractivity contribution in [3.8, 4) is 6.07 Å². The Morgan fingerprint density at radius 2 is 1.61 bits per heavy atom. The topological polar surface area (TPSA) is 56.1 Å². The quantitative estimate of drug-likeness (QED) is 0.619. The lowest BCUT2D eigenvalue weighted by atomic mass is 9.95. The van der Waals surface area contributed by atoms with Crippen molar-refractivity contribution in [2.24, 2.45) is 0 Å². The number of nitrogens with zero attached hydrogens (tertiary/aromatic N) is 5. The molecule has 4 rings (SSSR count). The molecule has 0 N–H and O–H groups in total. The van der Waals surface area contributed by atoms with Crippen molar-refractivity contribution >= 4 is 0 Å². The molecule has 5 nitrogen and oxygen atoms in total. The summed E-state index contributed by atoms with van der Waals surface area (Å²) in [7, 11) is 0. The average molecular weight is 418 g/mol. The maximum absolute atomic E-state index is 9.41. The summed E-state index contributed by atoms with van der Waals surface area (Å²) in [5.74, 6) is 0.861. The average Bonchev–Trinajstić information content (AvgIpc) is 3.10. The predicted molar refractivity (Wildman–Crippen MR) is 124 cm³/mol. The number of aromatic nitrogens is 2. The van der Waals surface area contributed by atoms with Crippen molar-refractivity contribution in [2.45, 2.75) is 63.8 Å². The van der Waals surface area contributed by atoms with E-state index in [2.05, 4.69) is 62.2 Å². The lowest BCUT2D eigenvalue weighted by Crippen LogP contribution is -2.46. The highest BCUT2D eigenvalue weighted by molar-refractivity contribution is 5.21. The SMILES string of the molecule is N#Cc1nc(CCCN2CCN(Cc3ccccc3)CC2)cc(C2CCCCCC2)n1. The minimum absolute atomic E-state index is 0.353. The number of benzene rings is 1. The van der Waals surface area contributed by atoms with Gasteiger partial charge in [0, 0.05) is 50.0 Å². The minimum Gasteiger partial charge on any atom is -0.301 e. The first-order chi connectivity index (χ1) is 15.3. The Balaban J connectivity index is 1.25. The van der Waals surface area contributed by atoms with Crippen molar-refractivity contribution in [3.63, 3.8) is 0 Å². The van der Waals surface area contributed by atoms with Crippen molar-refractivity contribution in [1.29, 1.82) is 5.26 Å². The molecular weight excluding hydrogens is 382 g/mol. The summed E-state index contributed by atoms with van der Waals surface area (Å²) in [6.07, 6.45) is 9.65. The normalized spacial score (nSPS) is 19.1. The van der Waals surface area contributed by atoms with Gasteiger partial charge in [-0.15, -0.1) is 0 Å². The third-order valence-corrected chi connectivity index (χ3v) is 6.79. The Hall–Kier alpha value is -2.29. The molecule has 0 bridgehead atoms. The first-order valence-electron chi connectivity index (χ1n) is 12.1. The minimum atomic E-state index is 0.353. The summed E-state index contributed by atoms with van der Waals surface area (Å²) in [6.45, 7) is 6.68. The number of piperazine rings is 1. The van der Waals surface area contributed by atoms with Crippen LogP contribution in [0.3, 0.4) is 0 Å². The Kier molecular flexibility index (Phi) is 8.04. The Morgan fingerprint density at radius 1 is 0.903 bits per heavy atom. The third-order valence-electron chi connectivity index (χ3n) is 6.79. The molecule has 1 aliphatic carbocycles. The van der Waals surface area contributed by atoms with Crippen LogP contribution in [0.2, 0.25) is 0 Å². The fourth-order valence-electron chi connectivity index (χ4n) is 4.98. The van der Waals surface area contributed by atoms with Crippen LogP contribution in [0, 0.1) is 11.3 Å². The number of hydrogen-bond acceptors (Lipinski definition) is 5. The van der Waals surface area contributed by atoms with E-state index in [1.54, 1.807) is 0 Å². The van der Waals surface area contributed by atoms with Crippen molar-refractivity contribution in [3.05, 3.63) is 59.2 Å². The highest BCUT2D eigenvalue weighted by Gasteiger charge is 2.19. The van der Waals surface area contributed by atoms with Gasteiger partial charge >= 0.3 is 0 Å². The number of nitriles is 1. The van der Waals surface area contributed by atoms with Gasteiger partial charge in [-0.3, -0.25) is 4.90 Å². The molecule has 2 heterocycles. The molecule has 5 heteroatoms. The third kappa shape index (κ3) is 6.59. The van der Waals surface area contributed by atoms with Gasteiger partial charge in [0.05, 0.1) is 0 Å². The highest BCUT2D eigenvalue weighted by Crippen LogP contribution is 2.30. The molecule has 1 aromatic carbocycles. The number of hydrogen-bond donors (Lipinski definition) is 0. The Bertz CT molecular complexity index is 844. The zero-order valence-corrected chi connectivity index (χ0v) is 18.7. The lowest BCUT2D eigenvalue weighted by molar-refractivity contribution is 0.126. The molecule has 0 atom stereocenters. The van der Waals surface area contributed by atoms with Crippen molar-refractivity contribution in [2.75, 3.05) is 32.7 Å². The summed E-state index contributed by atoms with van der Waals surface area (Å²) in [5, 5.41) is 9.41. The molecule has 0 unspecified atom stereocenters. The van der Waals surface area contributed by atoms with Gasteiger partial charge in [0.25, 0.3) is 0 Å². The van der Waals surface area contributed by atoms with Crippen LogP contribution in [0.5, 0.6) is 0 Å². The van der Waals surface area contributed by atoms with E-state index in [9.17, 15) is 5.26 Å². The zero-order chi connectivity index (χ0) is 21.3. The number of aryl methyl sites for hydroxylation is 1. The summed E-state index contributed by atoms with van der Waals surface area (Å²) in [4.78, 5) is 14.2.